The van der Waals surface area contributed by atoms with Crippen molar-refractivity contribution in [2.24, 2.45) is 0 Å². The van der Waals surface area contributed by atoms with E-state index in [2.05, 4.69) is 37.9 Å². The number of hydrogen-bond acceptors (Lipinski definition) is 6. The maximum Gasteiger partial charge on any atom is 0.409 e. The Hall–Kier alpha value is -2.36. The Labute approximate surface area is 227 Å². The number of hydrogen-bond donors (Lipinski definition) is 1. The Morgan fingerprint density at radius 1 is 1.27 bits per heavy atom. The Morgan fingerprint density at radius 3 is 2.78 bits per heavy atom. The number of amides is 2. The van der Waals surface area contributed by atoms with Crippen molar-refractivity contribution in [2.45, 2.75) is 70.4 Å². The quantitative estimate of drug-likeness (QED) is 0.324. The smallest absolute Gasteiger partial charge is 0.409 e. The van der Waals surface area contributed by atoms with Crippen LogP contribution < -0.4 is 15.0 Å². The summed E-state index contributed by atoms with van der Waals surface area (Å²) in [5, 5.41) is 5.46. The summed E-state index contributed by atoms with van der Waals surface area (Å²) in [6, 6.07) is 13.1. The van der Waals surface area contributed by atoms with Crippen molar-refractivity contribution in [3.63, 3.8) is 0 Å². The van der Waals surface area contributed by atoms with Crippen LogP contribution in [0.1, 0.15) is 43.6 Å². The summed E-state index contributed by atoms with van der Waals surface area (Å²) < 4.78 is 11.9. The van der Waals surface area contributed by atoms with Gasteiger partial charge in [-0.1, -0.05) is 38.7 Å². The van der Waals surface area contributed by atoms with Crippen LogP contribution in [0.3, 0.4) is 0 Å². The molecule has 1 saturated heterocycles. The minimum absolute atomic E-state index is 0.143. The molecule has 1 N–H and O–H groups in total. The first kappa shape index (κ1) is 29.2. The van der Waals surface area contributed by atoms with E-state index in [-0.39, 0.29) is 24.1 Å². The first-order valence-corrected chi connectivity index (χ1v) is 18.0. The molecule has 2 aromatic rings. The molecule has 1 unspecified atom stereocenters. The van der Waals surface area contributed by atoms with E-state index in [1.54, 1.807) is 23.3 Å². The fourth-order valence-electron chi connectivity index (χ4n) is 4.36. The summed E-state index contributed by atoms with van der Waals surface area (Å²) in [5.74, 6) is 0.862. The normalized spacial score (nSPS) is 17.3. The molecule has 7 nitrogen and oxygen atoms in total. The largest absolute Gasteiger partial charge is 0.485 e. The molecule has 1 aromatic heterocycles. The van der Waals surface area contributed by atoms with Crippen molar-refractivity contribution < 1.29 is 19.1 Å². The van der Waals surface area contributed by atoms with Gasteiger partial charge in [-0.3, -0.25) is 4.79 Å². The zero-order valence-corrected chi connectivity index (χ0v) is 24.8. The van der Waals surface area contributed by atoms with Crippen LogP contribution in [-0.2, 0) is 9.53 Å². The highest BCUT2D eigenvalue weighted by Gasteiger charge is 2.25. The van der Waals surface area contributed by atoms with Gasteiger partial charge >= 0.3 is 6.09 Å². The molecule has 2 atom stereocenters. The van der Waals surface area contributed by atoms with Gasteiger partial charge in [0, 0.05) is 63.7 Å². The van der Waals surface area contributed by atoms with Gasteiger partial charge in [0.1, 0.15) is 11.9 Å². The summed E-state index contributed by atoms with van der Waals surface area (Å²) >= 11 is 1.64. The van der Waals surface area contributed by atoms with Crippen LogP contribution in [0.25, 0.3) is 0 Å². The monoisotopic (exact) mass is 545 g/mol. The first-order valence-electron chi connectivity index (χ1n) is 13.4. The van der Waals surface area contributed by atoms with E-state index >= 15 is 0 Å². The maximum absolute atomic E-state index is 13.0. The van der Waals surface area contributed by atoms with Gasteiger partial charge in [-0.05, 0) is 49.0 Å². The number of carbonyl (C=O) groups is 2. The number of nitrogens with zero attached hydrogens (tertiary/aromatic N) is 2. The molecule has 1 fully saturated rings. The minimum Gasteiger partial charge on any atom is -0.485 e. The molecule has 1 aromatic carbocycles. The van der Waals surface area contributed by atoms with Crippen molar-refractivity contribution in [3.8, 4) is 5.75 Å². The van der Waals surface area contributed by atoms with Crippen LogP contribution >= 0.6 is 11.3 Å². The van der Waals surface area contributed by atoms with Crippen molar-refractivity contribution in [2.75, 3.05) is 38.2 Å². The second-order valence-electron chi connectivity index (χ2n) is 10.9. The summed E-state index contributed by atoms with van der Waals surface area (Å²) in [7, 11) is 0.524. The highest BCUT2D eigenvalue weighted by molar-refractivity contribution is 7.10. The van der Waals surface area contributed by atoms with E-state index in [9.17, 15) is 9.59 Å². The minimum atomic E-state index is -1.25. The average Bonchev–Trinajstić information content (AvgIpc) is 3.31. The molecule has 3 rings (SSSR count). The fourth-order valence-corrected chi connectivity index (χ4v) is 5.86. The highest BCUT2D eigenvalue weighted by Crippen LogP contribution is 2.31. The lowest BCUT2D eigenvalue weighted by Gasteiger charge is -2.24. The van der Waals surface area contributed by atoms with E-state index < -0.39 is 8.07 Å². The summed E-state index contributed by atoms with van der Waals surface area (Å²) in [6.45, 7) is 11.5. The van der Waals surface area contributed by atoms with E-state index in [0.29, 0.717) is 32.5 Å². The second kappa shape index (κ2) is 14.0. The molecular weight excluding hydrogens is 502 g/mol. The third kappa shape index (κ3) is 9.47. The van der Waals surface area contributed by atoms with Gasteiger partial charge in [0.05, 0.1) is 6.61 Å². The third-order valence-electron chi connectivity index (χ3n) is 6.53. The molecule has 0 radical (unpaired) electrons. The van der Waals surface area contributed by atoms with Crippen LogP contribution in [0, 0.1) is 0 Å². The van der Waals surface area contributed by atoms with Crippen molar-refractivity contribution >= 4 is 37.1 Å². The molecule has 1 aliphatic rings. The summed E-state index contributed by atoms with van der Waals surface area (Å²) in [4.78, 5) is 30.1. The topological polar surface area (TPSA) is 71.1 Å². The van der Waals surface area contributed by atoms with E-state index in [1.165, 1.54) is 0 Å². The van der Waals surface area contributed by atoms with Gasteiger partial charge in [-0.15, -0.1) is 11.3 Å². The molecule has 1 aliphatic heterocycles. The molecule has 0 aliphatic carbocycles. The Bertz CT molecular complexity index is 996. The molecule has 2 amide bonds. The number of anilines is 1. The van der Waals surface area contributed by atoms with Crippen molar-refractivity contribution in [3.05, 3.63) is 46.7 Å². The average molecular weight is 546 g/mol. The van der Waals surface area contributed by atoms with Gasteiger partial charge in [-0.2, -0.15) is 0 Å². The zero-order valence-electron chi connectivity index (χ0n) is 23.0. The molecular formula is C28H43N3O4SSi. The van der Waals surface area contributed by atoms with Crippen LogP contribution in [0.5, 0.6) is 5.75 Å². The molecule has 9 heteroatoms. The molecule has 0 saturated carbocycles. The molecule has 204 valence electrons. The lowest BCUT2D eigenvalue weighted by atomic mass is 10.1. The number of carbonyl (C=O) groups excluding carboxylic acids is 2. The van der Waals surface area contributed by atoms with E-state index in [0.717, 1.165) is 41.7 Å². The predicted molar refractivity (Wildman–Crippen MR) is 155 cm³/mol. The fraction of sp³-hybridized carbons (Fsp3) is 0.571. The second-order valence-corrected chi connectivity index (χ2v) is 17.5. The third-order valence-corrected chi connectivity index (χ3v) is 9.20. The van der Waals surface area contributed by atoms with Gasteiger partial charge in [0.2, 0.25) is 5.91 Å². The molecule has 0 bridgehead atoms. The number of thiophene rings is 1. The number of ether oxygens (including phenoxy) is 2. The maximum atomic E-state index is 13.0. The number of benzene rings is 1. The van der Waals surface area contributed by atoms with Crippen LogP contribution in [-0.4, -0.2) is 64.3 Å². The summed E-state index contributed by atoms with van der Waals surface area (Å²) in [6.07, 6.45) is 2.62. The standard InChI is InChI=1S/C28H43N3O4SSi/c1-6-29-22-10-8-15-31(27(32)20-22)23-11-7-12-24(21-23)35-25(26-13-9-18-36-26)14-16-30(2)28(33)34-17-19-37(3,4)5/h7,9,11-13,18,21-22,25,29H,6,8,10,14-17,19-20H2,1-5H3/t22?,25-/m0/s1. The van der Waals surface area contributed by atoms with E-state index in [1.807, 2.05) is 40.6 Å². The lowest BCUT2D eigenvalue weighted by molar-refractivity contribution is -0.118. The van der Waals surface area contributed by atoms with Crippen LogP contribution in [0.15, 0.2) is 41.8 Å². The zero-order chi connectivity index (χ0) is 26.8. The van der Waals surface area contributed by atoms with Crippen LogP contribution in [0.4, 0.5) is 10.5 Å². The van der Waals surface area contributed by atoms with Gasteiger partial charge in [0.15, 0.2) is 0 Å². The van der Waals surface area contributed by atoms with Gasteiger partial charge in [0.25, 0.3) is 0 Å². The lowest BCUT2D eigenvalue weighted by Crippen LogP contribution is -2.35. The predicted octanol–water partition coefficient (Wildman–Crippen LogP) is 6.16. The van der Waals surface area contributed by atoms with Crippen molar-refractivity contribution in [1.82, 2.24) is 10.2 Å². The number of nitrogens with one attached hydrogen (secondary N) is 1. The summed E-state index contributed by atoms with van der Waals surface area (Å²) in [5.41, 5.74) is 0.868. The highest BCUT2D eigenvalue weighted by atomic mass is 32.1. The Balaban J connectivity index is 1.63. The molecule has 37 heavy (non-hydrogen) atoms. The number of rotatable bonds is 12. The van der Waals surface area contributed by atoms with Crippen molar-refractivity contribution in [1.29, 1.82) is 0 Å². The van der Waals surface area contributed by atoms with Gasteiger partial charge in [-0.25, -0.2) is 4.79 Å². The van der Waals surface area contributed by atoms with E-state index in [4.69, 9.17) is 9.47 Å². The SMILES string of the molecule is CCNC1CCCN(c2cccc(O[C@@H](CCN(C)C(=O)OCC[Si](C)(C)C)c3cccs3)c2)C(=O)C1. The molecule has 2 heterocycles. The Kier molecular flexibility index (Phi) is 11.0. The first-order chi connectivity index (χ1) is 17.7. The molecule has 0 spiro atoms. The van der Waals surface area contributed by atoms with Crippen LogP contribution in [0.2, 0.25) is 25.7 Å². The Morgan fingerprint density at radius 2 is 2.08 bits per heavy atom. The van der Waals surface area contributed by atoms with Gasteiger partial charge < -0.3 is 24.6 Å².